The van der Waals surface area contributed by atoms with Gasteiger partial charge in [-0.05, 0) is 25.0 Å². The molecule has 1 aliphatic carbocycles. The molecule has 0 bridgehead atoms. The minimum absolute atomic E-state index is 0.161. The van der Waals surface area contributed by atoms with Crippen LogP contribution in [0.1, 0.15) is 12.8 Å². The van der Waals surface area contributed by atoms with Gasteiger partial charge in [-0.25, -0.2) is 0 Å². The summed E-state index contributed by atoms with van der Waals surface area (Å²) in [6.07, 6.45) is 1.72. The standard InChI is InChI=1S/C13H15NO3/c15-11(16)10-8-14-12(13(10)6-7-13)17-9-4-2-1-3-5-9/h1-5,10,12,14H,6-8H2,(H,15,16). The van der Waals surface area contributed by atoms with Crippen LogP contribution in [0.25, 0.3) is 0 Å². The van der Waals surface area contributed by atoms with Crippen molar-refractivity contribution < 1.29 is 14.6 Å². The third-order valence-corrected chi connectivity index (χ3v) is 3.85. The number of carbonyl (C=O) groups is 1. The fourth-order valence-electron chi connectivity index (χ4n) is 2.70. The minimum Gasteiger partial charge on any atom is -0.481 e. The third kappa shape index (κ3) is 1.69. The van der Waals surface area contributed by atoms with Crippen LogP contribution in [0.5, 0.6) is 5.75 Å². The Kier molecular flexibility index (Phi) is 2.33. The van der Waals surface area contributed by atoms with Crippen molar-refractivity contribution in [1.29, 1.82) is 0 Å². The molecule has 1 saturated carbocycles. The zero-order valence-electron chi connectivity index (χ0n) is 9.43. The molecular weight excluding hydrogens is 218 g/mol. The normalized spacial score (nSPS) is 29.2. The predicted molar refractivity (Wildman–Crippen MR) is 61.7 cm³/mol. The average molecular weight is 233 g/mol. The molecule has 2 fully saturated rings. The number of carboxylic acids is 1. The molecule has 1 heterocycles. The Balaban J connectivity index is 1.76. The summed E-state index contributed by atoms with van der Waals surface area (Å²) in [6.45, 7) is 0.507. The van der Waals surface area contributed by atoms with Gasteiger partial charge in [-0.1, -0.05) is 18.2 Å². The summed E-state index contributed by atoms with van der Waals surface area (Å²) >= 11 is 0. The molecule has 1 aliphatic heterocycles. The van der Waals surface area contributed by atoms with Gasteiger partial charge < -0.3 is 9.84 Å². The number of hydrogen-bond acceptors (Lipinski definition) is 3. The lowest BCUT2D eigenvalue weighted by molar-refractivity contribution is -0.143. The van der Waals surface area contributed by atoms with Gasteiger partial charge >= 0.3 is 5.97 Å². The Morgan fingerprint density at radius 3 is 2.65 bits per heavy atom. The fraction of sp³-hybridized carbons (Fsp3) is 0.462. The zero-order chi connectivity index (χ0) is 11.9. The fourth-order valence-corrected chi connectivity index (χ4v) is 2.70. The first kappa shape index (κ1) is 10.6. The summed E-state index contributed by atoms with van der Waals surface area (Å²) in [5, 5.41) is 12.4. The van der Waals surface area contributed by atoms with E-state index >= 15 is 0 Å². The maximum Gasteiger partial charge on any atom is 0.308 e. The van der Waals surface area contributed by atoms with E-state index in [1.165, 1.54) is 0 Å². The first-order valence-corrected chi connectivity index (χ1v) is 5.90. The van der Waals surface area contributed by atoms with E-state index in [4.69, 9.17) is 4.74 Å². The molecule has 4 nitrogen and oxygen atoms in total. The summed E-state index contributed by atoms with van der Waals surface area (Å²) in [7, 11) is 0. The molecule has 1 spiro atoms. The number of rotatable bonds is 3. The SMILES string of the molecule is O=C(O)C1CNC(Oc2ccccc2)C12CC2. The van der Waals surface area contributed by atoms with Gasteiger partial charge in [0.1, 0.15) is 5.75 Å². The molecule has 1 aromatic rings. The van der Waals surface area contributed by atoms with E-state index < -0.39 is 5.97 Å². The van der Waals surface area contributed by atoms with E-state index in [1.54, 1.807) is 0 Å². The monoisotopic (exact) mass is 233 g/mol. The lowest BCUT2D eigenvalue weighted by atomic mass is 9.91. The Bertz CT molecular complexity index is 428. The third-order valence-electron chi connectivity index (χ3n) is 3.85. The van der Waals surface area contributed by atoms with Crippen molar-refractivity contribution in [3.63, 3.8) is 0 Å². The number of nitrogens with one attached hydrogen (secondary N) is 1. The van der Waals surface area contributed by atoms with Gasteiger partial charge in [-0.2, -0.15) is 0 Å². The van der Waals surface area contributed by atoms with Crippen molar-refractivity contribution >= 4 is 5.97 Å². The highest BCUT2D eigenvalue weighted by molar-refractivity contribution is 5.72. The Labute approximate surface area is 99.6 Å². The number of ether oxygens (including phenoxy) is 1. The van der Waals surface area contributed by atoms with E-state index in [2.05, 4.69) is 5.32 Å². The topological polar surface area (TPSA) is 58.6 Å². The van der Waals surface area contributed by atoms with Crippen LogP contribution in [0.15, 0.2) is 30.3 Å². The van der Waals surface area contributed by atoms with Crippen molar-refractivity contribution in [2.45, 2.75) is 19.1 Å². The Hall–Kier alpha value is -1.55. The lowest BCUT2D eigenvalue weighted by Crippen LogP contribution is -2.35. The molecule has 3 rings (SSSR count). The summed E-state index contributed by atoms with van der Waals surface area (Å²) in [4.78, 5) is 11.2. The van der Waals surface area contributed by atoms with Gasteiger partial charge in [0.15, 0.2) is 6.23 Å². The Morgan fingerprint density at radius 1 is 1.35 bits per heavy atom. The molecule has 1 saturated heterocycles. The molecule has 0 amide bonds. The summed E-state index contributed by atoms with van der Waals surface area (Å²) < 4.78 is 5.86. The van der Waals surface area contributed by atoms with E-state index in [9.17, 15) is 9.90 Å². The number of para-hydroxylation sites is 1. The number of aliphatic carboxylic acids is 1. The summed E-state index contributed by atoms with van der Waals surface area (Å²) in [6, 6.07) is 9.55. The minimum atomic E-state index is -0.714. The predicted octanol–water partition coefficient (Wildman–Crippen LogP) is 1.48. The maximum absolute atomic E-state index is 11.2. The van der Waals surface area contributed by atoms with Crippen LogP contribution in [-0.4, -0.2) is 23.8 Å². The molecule has 17 heavy (non-hydrogen) atoms. The van der Waals surface area contributed by atoms with Crippen molar-refractivity contribution in [3.05, 3.63) is 30.3 Å². The van der Waals surface area contributed by atoms with Crippen molar-refractivity contribution in [3.8, 4) is 5.75 Å². The largest absolute Gasteiger partial charge is 0.481 e. The quantitative estimate of drug-likeness (QED) is 0.830. The van der Waals surface area contributed by atoms with Gasteiger partial charge in [-0.15, -0.1) is 0 Å². The van der Waals surface area contributed by atoms with Crippen LogP contribution in [0.3, 0.4) is 0 Å². The van der Waals surface area contributed by atoms with Gasteiger partial charge in [0.25, 0.3) is 0 Å². The van der Waals surface area contributed by atoms with Gasteiger partial charge in [0.05, 0.1) is 5.92 Å². The number of carboxylic acid groups (broad SMARTS) is 1. The second-order valence-electron chi connectivity index (χ2n) is 4.84. The van der Waals surface area contributed by atoms with Gasteiger partial charge in [0, 0.05) is 12.0 Å². The first-order chi connectivity index (χ1) is 8.22. The highest BCUT2D eigenvalue weighted by Gasteiger charge is 2.62. The average Bonchev–Trinajstić information content (AvgIpc) is 3.01. The van der Waals surface area contributed by atoms with Gasteiger partial charge in [-0.3, -0.25) is 10.1 Å². The Morgan fingerprint density at radius 2 is 2.06 bits per heavy atom. The zero-order valence-corrected chi connectivity index (χ0v) is 9.43. The molecule has 2 atom stereocenters. The lowest BCUT2D eigenvalue weighted by Gasteiger charge is -2.22. The van der Waals surface area contributed by atoms with Gasteiger partial charge in [0.2, 0.25) is 0 Å². The van der Waals surface area contributed by atoms with Crippen LogP contribution in [-0.2, 0) is 4.79 Å². The van der Waals surface area contributed by atoms with E-state index in [-0.39, 0.29) is 17.6 Å². The van der Waals surface area contributed by atoms with E-state index in [0.29, 0.717) is 6.54 Å². The van der Waals surface area contributed by atoms with Crippen LogP contribution in [0.2, 0.25) is 0 Å². The molecule has 1 aromatic carbocycles. The van der Waals surface area contributed by atoms with E-state index in [0.717, 1.165) is 18.6 Å². The summed E-state index contributed by atoms with van der Waals surface area (Å²) in [5.41, 5.74) is -0.179. The number of hydrogen-bond donors (Lipinski definition) is 2. The van der Waals surface area contributed by atoms with Crippen molar-refractivity contribution in [1.82, 2.24) is 5.32 Å². The van der Waals surface area contributed by atoms with Crippen molar-refractivity contribution in [2.24, 2.45) is 11.3 Å². The molecule has 0 radical (unpaired) electrons. The number of benzene rings is 1. The molecule has 2 unspecified atom stereocenters. The maximum atomic E-state index is 11.2. The molecule has 90 valence electrons. The smallest absolute Gasteiger partial charge is 0.308 e. The highest BCUT2D eigenvalue weighted by Crippen LogP contribution is 2.57. The first-order valence-electron chi connectivity index (χ1n) is 5.90. The highest BCUT2D eigenvalue weighted by atomic mass is 16.5. The molecule has 2 N–H and O–H groups in total. The molecule has 4 heteroatoms. The van der Waals surface area contributed by atoms with E-state index in [1.807, 2.05) is 30.3 Å². The second kappa shape index (κ2) is 3.74. The molecular formula is C13H15NO3. The summed E-state index contributed by atoms with van der Waals surface area (Å²) in [5.74, 6) is -0.229. The van der Waals surface area contributed by atoms with Crippen LogP contribution in [0.4, 0.5) is 0 Å². The molecule has 2 aliphatic rings. The molecule has 0 aromatic heterocycles. The van der Waals surface area contributed by atoms with Crippen LogP contribution in [0, 0.1) is 11.3 Å². The van der Waals surface area contributed by atoms with Crippen LogP contribution < -0.4 is 10.1 Å². The second-order valence-corrected chi connectivity index (χ2v) is 4.84. The van der Waals surface area contributed by atoms with Crippen LogP contribution >= 0.6 is 0 Å². The van der Waals surface area contributed by atoms with Crippen molar-refractivity contribution in [2.75, 3.05) is 6.54 Å².